The molecular weight excluding hydrogens is 190 g/mol. The van der Waals surface area contributed by atoms with Gasteiger partial charge in [0.25, 0.3) is 0 Å². The highest BCUT2D eigenvalue weighted by Gasteiger charge is 2.24. The summed E-state index contributed by atoms with van der Waals surface area (Å²) in [5.41, 5.74) is 6.01. The van der Waals surface area contributed by atoms with Crippen molar-refractivity contribution in [1.29, 1.82) is 0 Å². The Morgan fingerprint density at radius 3 is 2.27 bits per heavy atom. The topological polar surface area (TPSA) is 55.5 Å². The van der Waals surface area contributed by atoms with Crippen molar-refractivity contribution in [3.05, 3.63) is 29.8 Å². The van der Waals surface area contributed by atoms with Gasteiger partial charge in [0.05, 0.1) is 12.7 Å². The number of aliphatic hydroxyl groups is 1. The maximum atomic E-state index is 9.91. The van der Waals surface area contributed by atoms with Crippen LogP contribution in [0.4, 0.5) is 0 Å². The molecule has 0 fully saturated rings. The van der Waals surface area contributed by atoms with Crippen LogP contribution in [0.15, 0.2) is 24.3 Å². The minimum absolute atomic E-state index is 0.632. The molecule has 1 aromatic rings. The van der Waals surface area contributed by atoms with Crippen molar-refractivity contribution >= 4 is 0 Å². The van der Waals surface area contributed by atoms with Gasteiger partial charge in [-0.05, 0) is 38.5 Å². The van der Waals surface area contributed by atoms with E-state index in [0.717, 1.165) is 11.3 Å². The minimum atomic E-state index is -0.659. The SMILES string of the molecule is CCOc1ccc(C(O)C(C)(C)N)cc1. The zero-order valence-electron chi connectivity index (χ0n) is 9.53. The van der Waals surface area contributed by atoms with Crippen LogP contribution in [0.3, 0.4) is 0 Å². The summed E-state index contributed by atoms with van der Waals surface area (Å²) in [6, 6.07) is 7.36. The fourth-order valence-corrected chi connectivity index (χ4v) is 1.34. The van der Waals surface area contributed by atoms with E-state index in [0.29, 0.717) is 6.61 Å². The van der Waals surface area contributed by atoms with Crippen molar-refractivity contribution in [2.75, 3.05) is 6.61 Å². The van der Waals surface area contributed by atoms with Crippen LogP contribution in [-0.2, 0) is 0 Å². The summed E-state index contributed by atoms with van der Waals surface area (Å²) < 4.78 is 5.31. The Bertz CT molecular complexity index is 300. The summed E-state index contributed by atoms with van der Waals surface area (Å²) in [5, 5.41) is 9.91. The van der Waals surface area contributed by atoms with Crippen molar-refractivity contribution in [2.45, 2.75) is 32.4 Å². The number of benzene rings is 1. The molecule has 3 heteroatoms. The largest absolute Gasteiger partial charge is 0.494 e. The summed E-state index contributed by atoms with van der Waals surface area (Å²) in [5.74, 6) is 0.809. The van der Waals surface area contributed by atoms with Gasteiger partial charge in [0.15, 0.2) is 0 Å². The molecule has 0 aliphatic carbocycles. The van der Waals surface area contributed by atoms with Crippen molar-refractivity contribution in [2.24, 2.45) is 5.73 Å². The molecule has 15 heavy (non-hydrogen) atoms. The van der Waals surface area contributed by atoms with E-state index in [2.05, 4.69) is 0 Å². The van der Waals surface area contributed by atoms with Gasteiger partial charge in [0.1, 0.15) is 5.75 Å². The third-order valence-corrected chi connectivity index (χ3v) is 2.21. The molecule has 0 aliphatic heterocycles. The van der Waals surface area contributed by atoms with E-state index in [4.69, 9.17) is 10.5 Å². The number of rotatable bonds is 4. The van der Waals surface area contributed by atoms with Crippen LogP contribution in [0.25, 0.3) is 0 Å². The zero-order valence-corrected chi connectivity index (χ0v) is 9.53. The Labute approximate surface area is 90.9 Å². The van der Waals surface area contributed by atoms with Crippen LogP contribution in [0.2, 0.25) is 0 Å². The molecule has 84 valence electrons. The van der Waals surface area contributed by atoms with E-state index in [9.17, 15) is 5.11 Å². The highest BCUT2D eigenvalue weighted by atomic mass is 16.5. The minimum Gasteiger partial charge on any atom is -0.494 e. The molecule has 1 unspecified atom stereocenters. The van der Waals surface area contributed by atoms with Crippen LogP contribution in [0.5, 0.6) is 5.75 Å². The molecule has 3 N–H and O–H groups in total. The van der Waals surface area contributed by atoms with Gasteiger partial charge >= 0.3 is 0 Å². The number of hydrogen-bond donors (Lipinski definition) is 2. The van der Waals surface area contributed by atoms with Gasteiger partial charge in [-0.15, -0.1) is 0 Å². The molecule has 0 radical (unpaired) electrons. The number of nitrogens with two attached hydrogens (primary N) is 1. The highest BCUT2D eigenvalue weighted by Crippen LogP contribution is 2.24. The van der Waals surface area contributed by atoms with Crippen LogP contribution < -0.4 is 10.5 Å². The third-order valence-electron chi connectivity index (χ3n) is 2.21. The lowest BCUT2D eigenvalue weighted by Gasteiger charge is -2.26. The summed E-state index contributed by atoms with van der Waals surface area (Å²) in [4.78, 5) is 0. The van der Waals surface area contributed by atoms with Gasteiger partial charge in [-0.2, -0.15) is 0 Å². The second-order valence-corrected chi connectivity index (χ2v) is 4.23. The molecule has 0 saturated carbocycles. The van der Waals surface area contributed by atoms with Crippen molar-refractivity contribution in [3.8, 4) is 5.75 Å². The monoisotopic (exact) mass is 209 g/mol. The second-order valence-electron chi connectivity index (χ2n) is 4.23. The van der Waals surface area contributed by atoms with Crippen molar-refractivity contribution in [1.82, 2.24) is 0 Å². The first-order chi connectivity index (χ1) is 6.95. The summed E-state index contributed by atoms with van der Waals surface area (Å²) in [6.07, 6.45) is -0.659. The van der Waals surface area contributed by atoms with Gasteiger partial charge < -0.3 is 15.6 Å². The van der Waals surface area contributed by atoms with Gasteiger partial charge in [-0.1, -0.05) is 12.1 Å². The number of ether oxygens (including phenoxy) is 1. The average Bonchev–Trinajstić information content (AvgIpc) is 2.17. The lowest BCUT2D eigenvalue weighted by molar-refractivity contribution is 0.104. The van der Waals surface area contributed by atoms with E-state index in [1.807, 2.05) is 31.2 Å². The molecule has 3 nitrogen and oxygen atoms in total. The van der Waals surface area contributed by atoms with E-state index in [1.54, 1.807) is 13.8 Å². The fraction of sp³-hybridized carbons (Fsp3) is 0.500. The fourth-order valence-electron chi connectivity index (χ4n) is 1.34. The predicted octanol–water partition coefficient (Wildman–Crippen LogP) is 1.86. The predicted molar refractivity (Wildman–Crippen MR) is 60.8 cm³/mol. The third kappa shape index (κ3) is 3.22. The summed E-state index contributed by atoms with van der Waals surface area (Å²) >= 11 is 0. The van der Waals surface area contributed by atoms with E-state index in [-0.39, 0.29) is 0 Å². The molecular formula is C12H19NO2. The molecule has 0 saturated heterocycles. The molecule has 1 aromatic carbocycles. The van der Waals surface area contributed by atoms with Crippen LogP contribution >= 0.6 is 0 Å². The summed E-state index contributed by atoms with van der Waals surface area (Å²) in [6.45, 7) is 6.18. The molecule has 0 heterocycles. The molecule has 0 bridgehead atoms. The Hall–Kier alpha value is -1.06. The molecule has 0 spiro atoms. The van der Waals surface area contributed by atoms with E-state index in [1.165, 1.54) is 0 Å². The first-order valence-corrected chi connectivity index (χ1v) is 5.15. The van der Waals surface area contributed by atoms with Crippen LogP contribution in [-0.4, -0.2) is 17.3 Å². The van der Waals surface area contributed by atoms with Gasteiger partial charge in [0, 0.05) is 5.54 Å². The maximum absolute atomic E-state index is 9.91. The number of aliphatic hydroxyl groups excluding tert-OH is 1. The Morgan fingerprint density at radius 1 is 1.33 bits per heavy atom. The quantitative estimate of drug-likeness (QED) is 0.795. The number of hydrogen-bond acceptors (Lipinski definition) is 3. The lowest BCUT2D eigenvalue weighted by Crippen LogP contribution is -2.39. The summed E-state index contributed by atoms with van der Waals surface area (Å²) in [7, 11) is 0. The smallest absolute Gasteiger partial charge is 0.119 e. The van der Waals surface area contributed by atoms with Crippen molar-refractivity contribution < 1.29 is 9.84 Å². The Morgan fingerprint density at radius 2 is 1.87 bits per heavy atom. The molecule has 0 amide bonds. The highest BCUT2D eigenvalue weighted by molar-refractivity contribution is 5.29. The van der Waals surface area contributed by atoms with Crippen LogP contribution in [0.1, 0.15) is 32.4 Å². The van der Waals surface area contributed by atoms with Crippen LogP contribution in [0, 0.1) is 0 Å². The second kappa shape index (κ2) is 4.64. The van der Waals surface area contributed by atoms with Gasteiger partial charge in [-0.3, -0.25) is 0 Å². The molecule has 0 aromatic heterocycles. The standard InChI is InChI=1S/C12H19NO2/c1-4-15-10-7-5-9(6-8-10)11(14)12(2,3)13/h5-8,11,14H,4,13H2,1-3H3. The Balaban J connectivity index is 2.80. The lowest BCUT2D eigenvalue weighted by atomic mass is 9.92. The molecule has 1 rings (SSSR count). The normalized spacial score (nSPS) is 13.7. The maximum Gasteiger partial charge on any atom is 0.119 e. The average molecular weight is 209 g/mol. The molecule has 0 aliphatic rings. The van der Waals surface area contributed by atoms with E-state index < -0.39 is 11.6 Å². The molecule has 1 atom stereocenters. The van der Waals surface area contributed by atoms with Gasteiger partial charge in [0.2, 0.25) is 0 Å². The van der Waals surface area contributed by atoms with Crippen molar-refractivity contribution in [3.63, 3.8) is 0 Å². The first kappa shape index (κ1) is 12.0. The van der Waals surface area contributed by atoms with Gasteiger partial charge in [-0.25, -0.2) is 0 Å². The Kier molecular flexibility index (Phi) is 3.72. The van der Waals surface area contributed by atoms with E-state index >= 15 is 0 Å². The first-order valence-electron chi connectivity index (χ1n) is 5.15. The zero-order chi connectivity index (χ0) is 11.5.